The Morgan fingerprint density at radius 3 is 1.79 bits per heavy atom. The highest BCUT2D eigenvalue weighted by Gasteiger charge is 2.50. The molecule has 0 bridgehead atoms. The van der Waals surface area contributed by atoms with Crippen molar-refractivity contribution in [3.05, 3.63) is 77.2 Å². The van der Waals surface area contributed by atoms with Crippen LogP contribution in [0.2, 0.25) is 5.04 Å². The summed E-state index contributed by atoms with van der Waals surface area (Å²) in [4.78, 5) is 12.1. The van der Waals surface area contributed by atoms with Crippen LogP contribution in [0.5, 0.6) is 0 Å². The van der Waals surface area contributed by atoms with Gasteiger partial charge in [-0.1, -0.05) is 81.4 Å². The Balaban J connectivity index is 2.96. The molecule has 2 aromatic carbocycles. The van der Waals surface area contributed by atoms with Crippen molar-refractivity contribution in [3.63, 3.8) is 0 Å². The first-order valence-corrected chi connectivity index (χ1v) is 11.9. The van der Waals surface area contributed by atoms with Gasteiger partial charge in [0.1, 0.15) is 6.79 Å². The number of ketones is 1. The fraction of sp³-hybridized carbons (Fsp3) is 0.360. The molecule has 0 aliphatic rings. The van der Waals surface area contributed by atoms with Gasteiger partial charge in [0.2, 0.25) is 0 Å². The number of benzene rings is 2. The van der Waals surface area contributed by atoms with Crippen LogP contribution in [0.15, 0.2) is 77.2 Å². The molecule has 0 fully saturated rings. The molecule has 0 atom stereocenters. The smallest absolute Gasteiger partial charge is 0.163 e. The molecule has 0 radical (unpaired) electrons. The maximum absolute atomic E-state index is 12.1. The first-order valence-electron chi connectivity index (χ1n) is 9.90. The lowest BCUT2D eigenvalue weighted by molar-refractivity contribution is -0.113. The zero-order chi connectivity index (χ0) is 21.5. The van der Waals surface area contributed by atoms with Crippen molar-refractivity contribution in [2.24, 2.45) is 0 Å². The van der Waals surface area contributed by atoms with Crippen molar-refractivity contribution < 1.29 is 14.3 Å². The number of hydrogen-bond acceptors (Lipinski definition) is 3. The number of ether oxygens (including phenoxy) is 2. The van der Waals surface area contributed by atoms with Crippen molar-refractivity contribution >= 4 is 24.2 Å². The van der Waals surface area contributed by atoms with Crippen LogP contribution in [-0.4, -0.2) is 34.4 Å². The molecule has 0 N–H and O–H groups in total. The van der Waals surface area contributed by atoms with E-state index in [4.69, 9.17) is 9.47 Å². The largest absolute Gasteiger partial charge is 0.359 e. The third-order valence-corrected chi connectivity index (χ3v) is 11.1. The zero-order valence-corrected chi connectivity index (χ0v) is 19.4. The molecule has 0 aliphatic heterocycles. The van der Waals surface area contributed by atoms with Crippen LogP contribution in [0.1, 0.15) is 34.6 Å². The van der Waals surface area contributed by atoms with Gasteiger partial charge in [-0.15, -0.1) is 5.73 Å². The Kier molecular flexibility index (Phi) is 7.94. The summed E-state index contributed by atoms with van der Waals surface area (Å²) < 4.78 is 11.0. The molecule has 0 heterocycles. The van der Waals surface area contributed by atoms with E-state index in [0.29, 0.717) is 12.2 Å². The van der Waals surface area contributed by atoms with Crippen LogP contribution in [0, 0.1) is 0 Å². The van der Waals surface area contributed by atoms with E-state index in [-0.39, 0.29) is 17.6 Å². The van der Waals surface area contributed by atoms with Gasteiger partial charge in [0.25, 0.3) is 0 Å². The normalized spacial score (nSPS) is 11.7. The van der Waals surface area contributed by atoms with Crippen molar-refractivity contribution in [2.45, 2.75) is 39.7 Å². The molecule has 154 valence electrons. The minimum absolute atomic E-state index is 0.0205. The number of rotatable bonds is 8. The summed E-state index contributed by atoms with van der Waals surface area (Å²) in [6.07, 6.45) is 0. The molecule has 2 rings (SSSR count). The van der Waals surface area contributed by atoms with E-state index >= 15 is 0 Å². The minimum Gasteiger partial charge on any atom is -0.359 e. The Hall–Kier alpha value is -2.23. The average Bonchev–Trinajstić information content (AvgIpc) is 2.69. The van der Waals surface area contributed by atoms with Crippen LogP contribution in [-0.2, 0) is 14.3 Å². The number of methoxy groups -OCH3 is 1. The van der Waals surface area contributed by atoms with Crippen LogP contribution in [0.25, 0.3) is 0 Å². The number of hydrogen-bond donors (Lipinski definition) is 0. The van der Waals surface area contributed by atoms with Gasteiger partial charge in [0.05, 0.1) is 6.61 Å². The summed E-state index contributed by atoms with van der Waals surface area (Å²) in [6, 6.07) is 21.2. The lowest BCUT2D eigenvalue weighted by Gasteiger charge is -2.45. The monoisotopic (exact) mass is 408 g/mol. The highest BCUT2D eigenvalue weighted by Crippen LogP contribution is 2.40. The second-order valence-electron chi connectivity index (χ2n) is 8.27. The van der Waals surface area contributed by atoms with Crippen molar-refractivity contribution in [1.82, 2.24) is 0 Å². The fourth-order valence-electron chi connectivity index (χ4n) is 3.99. The number of Topliss-reactive ketones (excluding diaryl/α,β-unsaturated/α-hetero) is 1. The van der Waals surface area contributed by atoms with E-state index in [1.165, 1.54) is 10.4 Å². The average molecular weight is 409 g/mol. The SMILES string of the molecule is COCOCC(=C=C(C)C(C)=O)[Si](c1ccccc1)(c1ccccc1)C(C)(C)C. The number of carbonyl (C=O) groups excluding carboxylic acids is 1. The first kappa shape index (κ1) is 23.0. The molecular weight excluding hydrogens is 376 g/mol. The van der Waals surface area contributed by atoms with Gasteiger partial charge >= 0.3 is 0 Å². The van der Waals surface area contributed by atoms with Crippen LogP contribution in [0.3, 0.4) is 0 Å². The Labute approximate surface area is 176 Å². The molecule has 0 aromatic heterocycles. The maximum Gasteiger partial charge on any atom is 0.163 e. The van der Waals surface area contributed by atoms with E-state index in [2.05, 4.69) is 75.0 Å². The van der Waals surface area contributed by atoms with E-state index in [1.807, 2.05) is 19.1 Å². The lowest BCUT2D eigenvalue weighted by Crippen LogP contribution is -2.66. The Morgan fingerprint density at radius 2 is 1.41 bits per heavy atom. The van der Waals surface area contributed by atoms with Gasteiger partial charge in [-0.3, -0.25) is 4.79 Å². The molecule has 0 spiro atoms. The van der Waals surface area contributed by atoms with E-state index < -0.39 is 8.07 Å². The van der Waals surface area contributed by atoms with Crippen molar-refractivity contribution in [1.29, 1.82) is 0 Å². The van der Waals surface area contributed by atoms with Crippen LogP contribution < -0.4 is 10.4 Å². The minimum atomic E-state index is -2.59. The molecule has 0 aliphatic carbocycles. The molecule has 29 heavy (non-hydrogen) atoms. The van der Waals surface area contributed by atoms with Crippen molar-refractivity contribution in [2.75, 3.05) is 20.5 Å². The van der Waals surface area contributed by atoms with Gasteiger partial charge in [-0.25, -0.2) is 0 Å². The summed E-state index contributed by atoms with van der Waals surface area (Å²) in [5.41, 5.74) is 4.10. The van der Waals surface area contributed by atoms with Crippen LogP contribution in [0.4, 0.5) is 0 Å². The third kappa shape index (κ3) is 5.03. The molecule has 0 amide bonds. The first-order chi connectivity index (χ1) is 13.7. The van der Waals surface area contributed by atoms with Gasteiger partial charge < -0.3 is 9.47 Å². The summed E-state index contributed by atoms with van der Waals surface area (Å²) in [7, 11) is -0.971. The topological polar surface area (TPSA) is 35.5 Å². The molecule has 0 saturated carbocycles. The quantitative estimate of drug-likeness (QED) is 0.215. The van der Waals surface area contributed by atoms with Gasteiger partial charge in [0.15, 0.2) is 13.9 Å². The highest BCUT2D eigenvalue weighted by atomic mass is 28.3. The summed E-state index contributed by atoms with van der Waals surface area (Å²) in [5, 5.41) is 3.51. The molecule has 4 heteroatoms. The Morgan fingerprint density at radius 1 is 0.931 bits per heavy atom. The standard InChI is InChI=1S/C25H32O3Si/c1-20(21(2)26)17-24(18-28-19-27-6)29(25(3,4)5,22-13-9-7-10-14-22)23-15-11-8-12-16-23/h7-16H,18-19H2,1-6H3. The molecule has 0 saturated heterocycles. The zero-order valence-electron chi connectivity index (χ0n) is 18.4. The van der Waals surface area contributed by atoms with Gasteiger partial charge in [-0.05, 0) is 34.5 Å². The van der Waals surface area contributed by atoms with Gasteiger partial charge in [0, 0.05) is 12.7 Å². The lowest BCUT2D eigenvalue weighted by atomic mass is 10.2. The predicted molar refractivity (Wildman–Crippen MR) is 122 cm³/mol. The molecule has 2 aromatic rings. The number of carbonyl (C=O) groups is 1. The highest BCUT2D eigenvalue weighted by molar-refractivity contribution is 7.09. The maximum atomic E-state index is 12.1. The second-order valence-corrected chi connectivity index (χ2v) is 13.0. The predicted octanol–water partition coefficient (Wildman–Crippen LogP) is 4.27. The third-order valence-electron chi connectivity index (χ3n) is 5.31. The Bertz CT molecular complexity index is 834. The molecule has 0 unspecified atom stereocenters. The summed E-state index contributed by atoms with van der Waals surface area (Å²) >= 11 is 0. The van der Waals surface area contributed by atoms with E-state index in [9.17, 15) is 4.79 Å². The molecule has 3 nitrogen and oxygen atoms in total. The van der Waals surface area contributed by atoms with Crippen LogP contribution >= 0.6 is 0 Å². The summed E-state index contributed by atoms with van der Waals surface area (Å²) in [6.45, 7) is 10.8. The van der Waals surface area contributed by atoms with E-state index in [0.717, 1.165) is 5.20 Å². The van der Waals surface area contributed by atoms with Gasteiger partial charge in [-0.2, -0.15) is 0 Å². The summed E-state index contributed by atoms with van der Waals surface area (Å²) in [5.74, 6) is 0.0205. The van der Waals surface area contributed by atoms with Crippen molar-refractivity contribution in [3.8, 4) is 0 Å². The second kappa shape index (κ2) is 9.99. The fourth-order valence-corrected chi connectivity index (χ4v) is 9.74. The van der Waals surface area contributed by atoms with E-state index in [1.54, 1.807) is 14.0 Å². The molecular formula is C25H32O3Si.